The maximum Gasteiger partial charge on any atom is 0.170 e. The number of fused-ring (bicyclic) bond motifs is 3. The highest BCUT2D eigenvalue weighted by molar-refractivity contribution is 5.86. The van der Waals surface area contributed by atoms with Crippen molar-refractivity contribution in [1.82, 2.24) is 0 Å². The summed E-state index contributed by atoms with van der Waals surface area (Å²) in [6.07, 6.45) is 0. The van der Waals surface area contributed by atoms with Gasteiger partial charge in [0, 0.05) is 0 Å². The van der Waals surface area contributed by atoms with Crippen LogP contribution in [0.3, 0.4) is 0 Å². The van der Waals surface area contributed by atoms with Crippen molar-refractivity contribution in [2.45, 2.75) is 6.04 Å². The molecule has 3 heteroatoms. The van der Waals surface area contributed by atoms with Crippen molar-refractivity contribution in [3.8, 4) is 23.0 Å². The summed E-state index contributed by atoms with van der Waals surface area (Å²) in [5, 5.41) is 2.36. The molecule has 26 heavy (non-hydrogen) atoms. The third kappa shape index (κ3) is 2.41. The summed E-state index contributed by atoms with van der Waals surface area (Å²) in [7, 11) is 0. The number of hydrogen-bond acceptors (Lipinski definition) is 3. The molecule has 0 fully saturated rings. The van der Waals surface area contributed by atoms with Crippen molar-refractivity contribution < 1.29 is 9.47 Å². The lowest BCUT2D eigenvalue weighted by Crippen LogP contribution is -2.12. The van der Waals surface area contributed by atoms with E-state index in [2.05, 4.69) is 24.3 Å². The van der Waals surface area contributed by atoms with Gasteiger partial charge in [0.05, 0.1) is 6.04 Å². The molecule has 5 rings (SSSR count). The summed E-state index contributed by atoms with van der Waals surface area (Å²) >= 11 is 0. The van der Waals surface area contributed by atoms with E-state index in [0.29, 0.717) is 11.5 Å². The molecule has 4 aromatic rings. The molecule has 0 bridgehead atoms. The predicted octanol–water partition coefficient (Wildman–Crippen LogP) is 5.79. The van der Waals surface area contributed by atoms with Gasteiger partial charge in [-0.05, 0) is 46.2 Å². The summed E-state index contributed by atoms with van der Waals surface area (Å²) in [6.45, 7) is 0. The lowest BCUT2D eigenvalue weighted by Gasteiger charge is -2.22. The summed E-state index contributed by atoms with van der Waals surface area (Å²) in [4.78, 5) is 0. The fourth-order valence-electron chi connectivity index (χ4n) is 3.44. The number of hydrogen-bond donors (Lipinski definition) is 1. The largest absolute Gasteiger partial charge is 0.450 e. The Bertz CT molecular complexity index is 1110. The van der Waals surface area contributed by atoms with Crippen molar-refractivity contribution in [3.05, 3.63) is 96.1 Å². The lowest BCUT2D eigenvalue weighted by molar-refractivity contribution is 0.359. The Morgan fingerprint density at radius 3 is 2.12 bits per heavy atom. The molecule has 0 spiro atoms. The number of ether oxygens (including phenoxy) is 2. The van der Waals surface area contributed by atoms with Crippen LogP contribution in [-0.4, -0.2) is 0 Å². The molecule has 2 N–H and O–H groups in total. The van der Waals surface area contributed by atoms with Gasteiger partial charge >= 0.3 is 0 Å². The van der Waals surface area contributed by atoms with Gasteiger partial charge in [-0.25, -0.2) is 0 Å². The van der Waals surface area contributed by atoms with E-state index >= 15 is 0 Å². The number of para-hydroxylation sites is 2. The van der Waals surface area contributed by atoms with Crippen LogP contribution in [0, 0.1) is 0 Å². The lowest BCUT2D eigenvalue weighted by atomic mass is 9.94. The van der Waals surface area contributed by atoms with Gasteiger partial charge in [0.15, 0.2) is 23.0 Å². The van der Waals surface area contributed by atoms with Crippen molar-refractivity contribution in [2.75, 3.05) is 0 Å². The predicted molar refractivity (Wildman–Crippen MR) is 103 cm³/mol. The van der Waals surface area contributed by atoms with E-state index < -0.39 is 0 Å². The Morgan fingerprint density at radius 2 is 1.27 bits per heavy atom. The molecule has 126 valence electrons. The first kappa shape index (κ1) is 15.0. The monoisotopic (exact) mass is 339 g/mol. The van der Waals surface area contributed by atoms with Gasteiger partial charge < -0.3 is 15.2 Å². The van der Waals surface area contributed by atoms with E-state index in [9.17, 15) is 0 Å². The second kappa shape index (κ2) is 5.90. The van der Waals surface area contributed by atoms with Crippen LogP contribution in [0.2, 0.25) is 0 Å². The van der Waals surface area contributed by atoms with Gasteiger partial charge in [-0.2, -0.15) is 0 Å². The van der Waals surface area contributed by atoms with Gasteiger partial charge in [0.2, 0.25) is 0 Å². The minimum Gasteiger partial charge on any atom is -0.450 e. The fourth-order valence-corrected chi connectivity index (χ4v) is 3.44. The Balaban J connectivity index is 1.55. The Hall–Kier alpha value is -3.30. The van der Waals surface area contributed by atoms with Crippen LogP contribution in [0.15, 0.2) is 84.9 Å². The van der Waals surface area contributed by atoms with Crippen LogP contribution in [0.5, 0.6) is 23.0 Å². The molecule has 0 aliphatic carbocycles. The van der Waals surface area contributed by atoms with E-state index in [-0.39, 0.29) is 6.04 Å². The first-order valence-electron chi connectivity index (χ1n) is 8.61. The summed E-state index contributed by atoms with van der Waals surface area (Å²) < 4.78 is 11.9. The highest BCUT2D eigenvalue weighted by Gasteiger charge is 2.20. The second-order valence-electron chi connectivity index (χ2n) is 6.40. The Labute approximate surface area is 151 Å². The van der Waals surface area contributed by atoms with Crippen LogP contribution in [0.1, 0.15) is 17.2 Å². The van der Waals surface area contributed by atoms with E-state index in [1.807, 2.05) is 60.7 Å². The summed E-state index contributed by atoms with van der Waals surface area (Å²) in [6, 6.07) is 27.8. The van der Waals surface area contributed by atoms with Gasteiger partial charge in [0.25, 0.3) is 0 Å². The SMILES string of the molecule is NC(c1ccc2c(c1)Oc1ccccc1O2)c1cccc2ccccc12. The molecule has 0 aromatic heterocycles. The molecule has 0 radical (unpaired) electrons. The molecular weight excluding hydrogens is 322 g/mol. The average molecular weight is 339 g/mol. The normalized spacial score (nSPS) is 13.3. The molecule has 1 aliphatic heterocycles. The maximum absolute atomic E-state index is 6.61. The van der Waals surface area contributed by atoms with E-state index in [1.54, 1.807) is 0 Å². The molecule has 1 unspecified atom stereocenters. The Kier molecular flexibility index (Phi) is 3.40. The fraction of sp³-hybridized carbons (Fsp3) is 0.0435. The van der Waals surface area contributed by atoms with E-state index in [4.69, 9.17) is 15.2 Å². The van der Waals surface area contributed by atoms with Gasteiger partial charge in [-0.1, -0.05) is 60.7 Å². The molecule has 0 amide bonds. The zero-order valence-corrected chi connectivity index (χ0v) is 14.1. The summed E-state index contributed by atoms with van der Waals surface area (Å²) in [5.41, 5.74) is 8.70. The van der Waals surface area contributed by atoms with Crippen molar-refractivity contribution in [1.29, 1.82) is 0 Å². The van der Waals surface area contributed by atoms with E-state index in [1.165, 1.54) is 10.8 Å². The minimum absolute atomic E-state index is 0.243. The molecule has 3 nitrogen and oxygen atoms in total. The number of benzene rings is 4. The summed E-state index contributed by atoms with van der Waals surface area (Å²) in [5.74, 6) is 2.84. The first-order valence-corrected chi connectivity index (χ1v) is 8.61. The minimum atomic E-state index is -0.243. The average Bonchev–Trinajstić information content (AvgIpc) is 2.71. The third-order valence-corrected chi connectivity index (χ3v) is 4.77. The molecule has 1 aliphatic rings. The van der Waals surface area contributed by atoms with Gasteiger partial charge in [0.1, 0.15) is 0 Å². The zero-order chi connectivity index (χ0) is 17.5. The van der Waals surface area contributed by atoms with Crippen LogP contribution in [0.4, 0.5) is 0 Å². The van der Waals surface area contributed by atoms with Crippen LogP contribution in [0.25, 0.3) is 10.8 Å². The third-order valence-electron chi connectivity index (χ3n) is 4.77. The quantitative estimate of drug-likeness (QED) is 0.443. The molecule has 0 saturated carbocycles. The topological polar surface area (TPSA) is 44.5 Å². The Morgan fingerprint density at radius 1 is 0.615 bits per heavy atom. The van der Waals surface area contributed by atoms with Crippen molar-refractivity contribution in [3.63, 3.8) is 0 Å². The first-order chi connectivity index (χ1) is 12.8. The number of rotatable bonds is 2. The molecule has 1 atom stereocenters. The van der Waals surface area contributed by atoms with Crippen molar-refractivity contribution in [2.24, 2.45) is 5.73 Å². The smallest absolute Gasteiger partial charge is 0.170 e. The standard InChI is InChI=1S/C23H17NO2/c24-23(18-9-5-7-15-6-1-2-8-17(15)18)16-12-13-21-22(14-16)26-20-11-4-3-10-19(20)25-21/h1-14,23H,24H2. The van der Waals surface area contributed by atoms with Gasteiger partial charge in [-0.3, -0.25) is 0 Å². The molecule has 1 heterocycles. The highest BCUT2D eigenvalue weighted by Crippen LogP contribution is 2.46. The zero-order valence-electron chi connectivity index (χ0n) is 14.1. The molecule has 0 saturated heterocycles. The van der Waals surface area contributed by atoms with Crippen LogP contribution >= 0.6 is 0 Å². The van der Waals surface area contributed by atoms with Crippen molar-refractivity contribution >= 4 is 10.8 Å². The van der Waals surface area contributed by atoms with E-state index in [0.717, 1.165) is 22.6 Å². The molecule has 4 aromatic carbocycles. The van der Waals surface area contributed by atoms with Crippen LogP contribution < -0.4 is 15.2 Å². The second-order valence-corrected chi connectivity index (χ2v) is 6.40. The van der Waals surface area contributed by atoms with Crippen LogP contribution in [-0.2, 0) is 0 Å². The maximum atomic E-state index is 6.61. The number of nitrogens with two attached hydrogens (primary N) is 1. The highest BCUT2D eigenvalue weighted by atomic mass is 16.6. The molecular formula is C23H17NO2. The van der Waals surface area contributed by atoms with Gasteiger partial charge in [-0.15, -0.1) is 0 Å².